The molecule has 1 unspecified atom stereocenters. The minimum Gasteiger partial charge on any atom is -0.496 e. The van der Waals surface area contributed by atoms with Gasteiger partial charge in [-0.05, 0) is 31.0 Å². The standard InChI is InChI=1S/C18H25N3O7S/c1-6-10(2)14(15(22)28-5)21-29(25,26)11-7-8-13(27-4)12(9-11)18(3)16(23)19-17(24)20-18/h7-10,14,21H,6H2,1-5H3,(H2,19,20,23,24)/t10-,14-,18?/m0/s1. The normalized spacial score (nSPS) is 21.1. The average molecular weight is 427 g/mol. The van der Waals surface area contributed by atoms with Crippen LogP contribution in [0.2, 0.25) is 0 Å². The molecule has 29 heavy (non-hydrogen) atoms. The Morgan fingerprint density at radius 2 is 1.93 bits per heavy atom. The highest BCUT2D eigenvalue weighted by Gasteiger charge is 2.45. The lowest BCUT2D eigenvalue weighted by molar-refractivity contribution is -0.143. The third-order valence-corrected chi connectivity index (χ3v) is 6.45. The number of carbonyl (C=O) groups excluding carboxylic acids is 3. The second kappa shape index (κ2) is 8.37. The van der Waals surface area contributed by atoms with Gasteiger partial charge in [-0.15, -0.1) is 0 Å². The van der Waals surface area contributed by atoms with E-state index in [4.69, 9.17) is 9.47 Å². The Kier molecular flexibility index (Phi) is 6.53. The number of sulfonamides is 1. The Labute approximate surface area is 169 Å². The fourth-order valence-electron chi connectivity index (χ4n) is 2.97. The van der Waals surface area contributed by atoms with Crippen LogP contribution in [0, 0.1) is 5.92 Å². The summed E-state index contributed by atoms with van der Waals surface area (Å²) in [5.41, 5.74) is -1.36. The molecular weight excluding hydrogens is 402 g/mol. The molecule has 10 nitrogen and oxygen atoms in total. The van der Waals surface area contributed by atoms with Gasteiger partial charge in [0, 0.05) is 5.56 Å². The summed E-state index contributed by atoms with van der Waals surface area (Å²) in [5.74, 6) is -1.44. The van der Waals surface area contributed by atoms with Crippen LogP contribution in [-0.4, -0.2) is 46.6 Å². The molecule has 1 fully saturated rings. The highest BCUT2D eigenvalue weighted by atomic mass is 32.2. The van der Waals surface area contributed by atoms with Gasteiger partial charge in [0.05, 0.1) is 19.1 Å². The van der Waals surface area contributed by atoms with Crippen LogP contribution in [0.15, 0.2) is 23.1 Å². The lowest BCUT2D eigenvalue weighted by atomic mass is 9.91. The Morgan fingerprint density at radius 3 is 2.41 bits per heavy atom. The first-order valence-electron chi connectivity index (χ1n) is 8.92. The Bertz CT molecular complexity index is 931. The van der Waals surface area contributed by atoms with Gasteiger partial charge < -0.3 is 14.8 Å². The van der Waals surface area contributed by atoms with Crippen LogP contribution in [0.4, 0.5) is 4.79 Å². The van der Waals surface area contributed by atoms with Gasteiger partial charge >= 0.3 is 12.0 Å². The van der Waals surface area contributed by atoms with Crippen LogP contribution in [0.3, 0.4) is 0 Å². The van der Waals surface area contributed by atoms with Gasteiger partial charge in [0.15, 0.2) is 0 Å². The highest BCUT2D eigenvalue weighted by molar-refractivity contribution is 7.89. The van der Waals surface area contributed by atoms with E-state index in [9.17, 15) is 22.8 Å². The summed E-state index contributed by atoms with van der Waals surface area (Å²) in [5, 5.41) is 4.60. The van der Waals surface area contributed by atoms with Crippen molar-refractivity contribution in [1.29, 1.82) is 0 Å². The monoisotopic (exact) mass is 427 g/mol. The average Bonchev–Trinajstić information content (AvgIpc) is 2.96. The molecule has 160 valence electrons. The summed E-state index contributed by atoms with van der Waals surface area (Å²) in [6, 6.07) is 2.12. The van der Waals surface area contributed by atoms with Gasteiger partial charge in [-0.25, -0.2) is 13.2 Å². The van der Waals surface area contributed by atoms with E-state index >= 15 is 0 Å². The molecule has 0 radical (unpaired) electrons. The minimum atomic E-state index is -4.16. The molecule has 11 heteroatoms. The van der Waals surface area contributed by atoms with E-state index in [2.05, 4.69) is 15.4 Å². The summed E-state index contributed by atoms with van der Waals surface area (Å²) in [6.07, 6.45) is 0.542. The van der Waals surface area contributed by atoms with E-state index in [1.54, 1.807) is 6.92 Å². The summed E-state index contributed by atoms with van der Waals surface area (Å²) < 4.78 is 38.2. The smallest absolute Gasteiger partial charge is 0.324 e. The Balaban J connectivity index is 2.50. The summed E-state index contributed by atoms with van der Waals surface area (Å²) in [4.78, 5) is 35.8. The predicted octanol–water partition coefficient (Wildman–Crippen LogP) is 0.616. The summed E-state index contributed by atoms with van der Waals surface area (Å²) >= 11 is 0. The Hall–Kier alpha value is -2.66. The van der Waals surface area contributed by atoms with Crippen LogP contribution >= 0.6 is 0 Å². The zero-order valence-electron chi connectivity index (χ0n) is 16.9. The molecule has 3 atom stereocenters. The second-order valence-corrected chi connectivity index (χ2v) is 8.62. The fourth-order valence-corrected chi connectivity index (χ4v) is 4.29. The number of carbonyl (C=O) groups is 3. The number of ether oxygens (including phenoxy) is 2. The third kappa shape index (κ3) is 4.35. The molecule has 1 heterocycles. The first-order valence-corrected chi connectivity index (χ1v) is 10.4. The van der Waals surface area contributed by atoms with Crippen molar-refractivity contribution in [2.24, 2.45) is 5.92 Å². The Morgan fingerprint density at radius 1 is 1.28 bits per heavy atom. The zero-order chi connectivity index (χ0) is 22.0. The third-order valence-electron chi connectivity index (χ3n) is 5.01. The van der Waals surface area contributed by atoms with Gasteiger partial charge in [0.1, 0.15) is 17.3 Å². The molecule has 3 amide bonds. The molecule has 1 saturated heterocycles. The van der Waals surface area contributed by atoms with Crippen molar-refractivity contribution in [3.8, 4) is 5.75 Å². The molecule has 0 saturated carbocycles. The summed E-state index contributed by atoms with van der Waals surface area (Å²) in [6.45, 7) is 4.98. The van der Waals surface area contributed by atoms with E-state index < -0.39 is 39.5 Å². The lowest BCUT2D eigenvalue weighted by Crippen LogP contribution is -2.45. The first kappa shape index (κ1) is 22.6. The maximum Gasteiger partial charge on any atom is 0.324 e. The van der Waals surface area contributed by atoms with Crippen LogP contribution in [0.25, 0.3) is 0 Å². The van der Waals surface area contributed by atoms with Crippen LogP contribution in [-0.2, 0) is 29.9 Å². The number of benzene rings is 1. The van der Waals surface area contributed by atoms with E-state index in [1.807, 2.05) is 6.92 Å². The van der Waals surface area contributed by atoms with Gasteiger partial charge in [0.2, 0.25) is 10.0 Å². The van der Waals surface area contributed by atoms with Crippen molar-refractivity contribution in [2.45, 2.75) is 43.7 Å². The van der Waals surface area contributed by atoms with E-state index in [-0.39, 0.29) is 22.1 Å². The predicted molar refractivity (Wildman–Crippen MR) is 103 cm³/mol. The van der Waals surface area contributed by atoms with E-state index in [1.165, 1.54) is 39.3 Å². The molecule has 3 N–H and O–H groups in total. The van der Waals surface area contributed by atoms with Crippen LogP contribution in [0.5, 0.6) is 5.75 Å². The number of imide groups is 1. The number of esters is 1. The molecule has 2 rings (SSSR count). The van der Waals surface area contributed by atoms with E-state index in [0.717, 1.165) is 0 Å². The number of urea groups is 1. The van der Waals surface area contributed by atoms with Crippen molar-refractivity contribution in [3.63, 3.8) is 0 Å². The van der Waals surface area contributed by atoms with Crippen LogP contribution < -0.4 is 20.1 Å². The van der Waals surface area contributed by atoms with Crippen molar-refractivity contribution in [2.75, 3.05) is 14.2 Å². The van der Waals surface area contributed by atoms with Gasteiger partial charge in [-0.1, -0.05) is 20.3 Å². The molecule has 1 aliphatic heterocycles. The molecule has 0 aliphatic carbocycles. The van der Waals surface area contributed by atoms with Crippen molar-refractivity contribution < 1.29 is 32.3 Å². The molecular formula is C18H25N3O7S. The molecule has 0 bridgehead atoms. The van der Waals surface area contributed by atoms with Crippen molar-refractivity contribution in [3.05, 3.63) is 23.8 Å². The number of methoxy groups -OCH3 is 2. The molecule has 0 spiro atoms. The maximum absolute atomic E-state index is 13.0. The second-order valence-electron chi connectivity index (χ2n) is 6.90. The minimum absolute atomic E-state index is 0.157. The first-order chi connectivity index (χ1) is 13.5. The van der Waals surface area contributed by atoms with Crippen molar-refractivity contribution >= 4 is 27.9 Å². The maximum atomic E-state index is 13.0. The van der Waals surface area contributed by atoms with Crippen molar-refractivity contribution in [1.82, 2.24) is 15.4 Å². The van der Waals surface area contributed by atoms with Gasteiger partial charge in [-0.3, -0.25) is 14.9 Å². The molecule has 0 aromatic heterocycles. The van der Waals surface area contributed by atoms with E-state index in [0.29, 0.717) is 6.42 Å². The molecule has 1 aromatic rings. The highest BCUT2D eigenvalue weighted by Crippen LogP contribution is 2.34. The number of hydrogen-bond acceptors (Lipinski definition) is 7. The number of hydrogen-bond donors (Lipinski definition) is 3. The largest absolute Gasteiger partial charge is 0.496 e. The molecule has 1 aromatic carbocycles. The van der Waals surface area contributed by atoms with Gasteiger partial charge in [0.25, 0.3) is 5.91 Å². The van der Waals surface area contributed by atoms with Crippen LogP contribution in [0.1, 0.15) is 32.8 Å². The number of rotatable bonds is 8. The lowest BCUT2D eigenvalue weighted by Gasteiger charge is -2.25. The number of amides is 3. The summed E-state index contributed by atoms with van der Waals surface area (Å²) in [7, 11) is -1.61. The van der Waals surface area contributed by atoms with Gasteiger partial charge in [-0.2, -0.15) is 4.72 Å². The zero-order valence-corrected chi connectivity index (χ0v) is 17.7. The number of nitrogens with one attached hydrogen (secondary N) is 3. The topological polar surface area (TPSA) is 140 Å². The quantitative estimate of drug-likeness (QED) is 0.408. The molecule has 1 aliphatic rings. The SMILES string of the molecule is CC[C@H](C)[C@H](NS(=O)(=O)c1ccc(OC)c(C2(C)NC(=O)NC2=O)c1)C(=O)OC. The fraction of sp³-hybridized carbons (Fsp3) is 0.500.